The minimum Gasteiger partial charge on any atom is -0.323 e. The Hall–Kier alpha value is -5.87. The molecule has 0 aliphatic heterocycles. The number of hydrogen-bond acceptors (Lipinski definition) is 12. The minimum absolute atomic E-state index is 0. The van der Waals surface area contributed by atoms with E-state index in [1.54, 1.807) is 20.2 Å². The van der Waals surface area contributed by atoms with Crippen LogP contribution in [-0.2, 0) is 45.8 Å². The predicted octanol–water partition coefficient (Wildman–Crippen LogP) is 11.8. The second-order valence-electron chi connectivity index (χ2n) is 14.2. The number of hydrogen-bond donors (Lipinski definition) is 2. The summed E-state index contributed by atoms with van der Waals surface area (Å²) in [6.07, 6.45) is -15.9. The van der Waals surface area contributed by atoms with Gasteiger partial charge in [-0.1, -0.05) is 28.2 Å². The lowest BCUT2D eigenvalue weighted by Crippen LogP contribution is -2.30. The number of benzene rings is 2. The molecule has 0 unspecified atom stereocenters. The molecule has 0 saturated heterocycles. The van der Waals surface area contributed by atoms with Crippen LogP contribution in [0.25, 0.3) is 45.0 Å². The summed E-state index contributed by atoms with van der Waals surface area (Å²) in [5, 5.41) is 8.62. The average Bonchev–Trinajstić information content (AvgIpc) is 3.96. The number of carbonyl (C=O) groups excluding carboxylic acids is 1. The number of aromatic nitrogens is 9. The predicted molar refractivity (Wildman–Crippen MR) is 251 cm³/mol. The van der Waals surface area contributed by atoms with Crippen molar-refractivity contribution >= 4 is 68.3 Å². The number of carbonyl (C=O) groups is 1. The number of imidazole rings is 2. The minimum atomic E-state index is -4.63. The normalized spacial score (nSPS) is 12.3. The number of nitrogens with zero attached hydrogens (tertiary/aromatic N) is 10. The number of pyridine rings is 2. The van der Waals surface area contributed by atoms with Gasteiger partial charge in [-0.05, 0) is 65.8 Å². The largest absolute Gasteiger partial charge is 0.449 e. The van der Waals surface area contributed by atoms with E-state index in [9.17, 15) is 57.5 Å². The molecule has 28 heteroatoms. The maximum absolute atomic E-state index is 13.3. The van der Waals surface area contributed by atoms with Gasteiger partial charge in [0.25, 0.3) is 5.91 Å². The molecule has 1 amide bonds. The fourth-order valence-electron chi connectivity index (χ4n) is 6.55. The molecule has 384 valence electrons. The molecule has 0 atom stereocenters. The lowest BCUT2D eigenvalue weighted by atomic mass is 10.1. The number of aliphatic imine (C=N–C) groups is 1. The van der Waals surface area contributed by atoms with E-state index in [4.69, 9.17) is 5.84 Å². The van der Waals surface area contributed by atoms with Crippen LogP contribution in [0.3, 0.4) is 0 Å². The van der Waals surface area contributed by atoms with Gasteiger partial charge >= 0.3 is 24.7 Å². The highest BCUT2D eigenvalue weighted by Crippen LogP contribution is 2.39. The lowest BCUT2D eigenvalue weighted by molar-refractivity contribution is -0.147. The van der Waals surface area contributed by atoms with Crippen LogP contribution in [0.1, 0.15) is 67.0 Å². The van der Waals surface area contributed by atoms with Gasteiger partial charge in [-0.2, -0.15) is 52.7 Å². The molecule has 7 rings (SSSR count). The van der Waals surface area contributed by atoms with Crippen molar-refractivity contribution in [2.75, 3.05) is 24.3 Å². The van der Waals surface area contributed by atoms with Gasteiger partial charge in [0.15, 0.2) is 11.6 Å². The molecule has 0 radical (unpaired) electrons. The van der Waals surface area contributed by atoms with Crippen molar-refractivity contribution in [3.8, 4) is 22.9 Å². The SMILES string of the molecule is C.CCSC(=NC)c1cc(C(F)(F)F)ccn1.CCSc1cc2c(cc1-c1nnc(-c3cc(C(F)(F)F)ccn3)n1C)nc(C(F)(F)F)n2C.CCSc1cc2c(cc1C(=O)NN)nc(C(F)(F)F)n2C. The van der Waals surface area contributed by atoms with Crippen molar-refractivity contribution in [3.63, 3.8) is 0 Å². The first-order valence-electron chi connectivity index (χ1n) is 20.2. The van der Waals surface area contributed by atoms with Crippen molar-refractivity contribution in [2.24, 2.45) is 32.0 Å². The number of amides is 1. The number of halogens is 12. The highest BCUT2D eigenvalue weighted by Gasteiger charge is 2.38. The zero-order chi connectivity index (χ0) is 52.1. The summed E-state index contributed by atoms with van der Waals surface area (Å²) in [6.45, 7) is 5.67. The van der Waals surface area contributed by atoms with Crippen LogP contribution < -0.4 is 11.3 Å². The maximum atomic E-state index is 13.3. The molecule has 5 heterocycles. The molecule has 71 heavy (non-hydrogen) atoms. The van der Waals surface area contributed by atoms with E-state index >= 15 is 0 Å². The van der Waals surface area contributed by atoms with Gasteiger partial charge in [-0.25, -0.2) is 15.8 Å². The van der Waals surface area contributed by atoms with E-state index in [2.05, 4.69) is 35.1 Å². The van der Waals surface area contributed by atoms with Crippen LogP contribution in [-0.4, -0.2) is 79.1 Å². The summed E-state index contributed by atoms with van der Waals surface area (Å²) >= 11 is 4.10. The highest BCUT2D eigenvalue weighted by molar-refractivity contribution is 8.14. The van der Waals surface area contributed by atoms with E-state index in [1.165, 1.54) is 72.1 Å². The monoisotopic (exact) mass is 1070 g/mol. The van der Waals surface area contributed by atoms with Gasteiger partial charge in [-0.15, -0.1) is 45.5 Å². The van der Waals surface area contributed by atoms with Gasteiger partial charge in [0.05, 0.1) is 44.5 Å². The molecule has 7 aromatic rings. The molecule has 13 nitrogen and oxygen atoms in total. The molecule has 0 aliphatic rings. The summed E-state index contributed by atoms with van der Waals surface area (Å²) in [7, 11) is 5.68. The van der Waals surface area contributed by atoms with E-state index < -0.39 is 53.4 Å². The fourth-order valence-corrected chi connectivity index (χ4v) is 8.84. The standard InChI is InChI=1S/C20H16F6N6S.C12H13F3N4OS.C10H11F3N2S.CH4/c1-4-33-15-9-14-12(28-18(31(14)2)20(24,25)26)8-11(15)16-29-30-17(32(16)3)13-7-10(5-6-27-13)19(21,22)23;1-3-21-9-5-8-7(4-6(9)10(20)18-16)17-11(19(8)2)12(13,14)15;1-3-16-9(14-2)8-6-7(4-5-15-8)10(11,12)13;/h5-9H,4H2,1-3H3;4-5H,3,16H2,1-2H3,(H,18,20);4-6H,3H2,1-2H3;1H4. The molecule has 0 aliphatic carbocycles. The number of alkyl halides is 12. The molecule has 2 aromatic carbocycles. The summed E-state index contributed by atoms with van der Waals surface area (Å²) in [6, 6.07) is 9.62. The zero-order valence-electron chi connectivity index (χ0n) is 37.6. The number of hydrazine groups is 1. The number of nitrogen functional groups attached to an aromatic ring is 1. The third-order valence-electron chi connectivity index (χ3n) is 9.67. The van der Waals surface area contributed by atoms with Crippen molar-refractivity contribution in [2.45, 2.75) is 62.7 Å². The van der Waals surface area contributed by atoms with Gasteiger partial charge in [-0.3, -0.25) is 25.2 Å². The van der Waals surface area contributed by atoms with E-state index in [1.807, 2.05) is 26.2 Å². The number of nitrogens with two attached hydrogens (primary N) is 1. The van der Waals surface area contributed by atoms with Crippen molar-refractivity contribution in [3.05, 3.63) is 95.0 Å². The average molecular weight is 1070 g/mol. The summed E-state index contributed by atoms with van der Waals surface area (Å²) in [4.78, 5) is 32.0. The third kappa shape index (κ3) is 13.4. The first kappa shape index (κ1) is 57.7. The van der Waals surface area contributed by atoms with E-state index in [-0.39, 0.29) is 47.1 Å². The van der Waals surface area contributed by atoms with E-state index in [0.29, 0.717) is 42.9 Å². The first-order valence-corrected chi connectivity index (χ1v) is 23.1. The Kier molecular flexibility index (Phi) is 18.8. The second kappa shape index (κ2) is 23.1. The zero-order valence-corrected chi connectivity index (χ0v) is 40.1. The van der Waals surface area contributed by atoms with Crippen molar-refractivity contribution in [1.82, 2.24) is 49.3 Å². The number of thioether (sulfide) groups is 3. The third-order valence-corrected chi connectivity index (χ3v) is 12.5. The van der Waals surface area contributed by atoms with Crippen LogP contribution in [0.5, 0.6) is 0 Å². The van der Waals surface area contributed by atoms with Crippen molar-refractivity contribution < 1.29 is 57.5 Å². The quantitative estimate of drug-likeness (QED) is 0.0269. The second-order valence-corrected chi connectivity index (χ2v) is 18.1. The van der Waals surface area contributed by atoms with Crippen molar-refractivity contribution in [1.29, 1.82) is 0 Å². The summed E-state index contributed by atoms with van der Waals surface area (Å²) < 4.78 is 159. The Balaban J connectivity index is 0.000000248. The number of aryl methyl sites for hydroxylation is 2. The van der Waals surface area contributed by atoms with Crippen LogP contribution in [0, 0.1) is 0 Å². The number of nitrogens with one attached hydrogen (secondary N) is 1. The Morgan fingerprint density at radius 2 is 1.14 bits per heavy atom. The van der Waals surface area contributed by atoms with Gasteiger partial charge in [0.2, 0.25) is 11.6 Å². The Labute approximate surface area is 410 Å². The molecule has 0 fully saturated rings. The van der Waals surface area contributed by atoms with Crippen LogP contribution in [0.2, 0.25) is 0 Å². The summed E-state index contributed by atoms with van der Waals surface area (Å²) in [5.41, 5.74) is 2.14. The highest BCUT2D eigenvalue weighted by atomic mass is 32.2. The van der Waals surface area contributed by atoms with Gasteiger partial charge in [0.1, 0.15) is 10.7 Å². The van der Waals surface area contributed by atoms with E-state index in [0.717, 1.165) is 51.5 Å². The molecule has 0 bridgehead atoms. The van der Waals surface area contributed by atoms with Gasteiger partial charge < -0.3 is 13.7 Å². The van der Waals surface area contributed by atoms with Crippen LogP contribution in [0.15, 0.2) is 75.7 Å². The molecular weight excluding hydrogens is 1020 g/mol. The first-order chi connectivity index (χ1) is 32.7. The maximum Gasteiger partial charge on any atom is 0.449 e. The van der Waals surface area contributed by atoms with Gasteiger partial charge in [0, 0.05) is 55.9 Å². The van der Waals surface area contributed by atoms with Crippen LogP contribution in [0.4, 0.5) is 52.7 Å². The Bertz CT molecular complexity index is 3010. The molecule has 3 N–H and O–H groups in total. The molecule has 0 spiro atoms. The number of rotatable bonds is 9. The Morgan fingerprint density at radius 1 is 0.648 bits per heavy atom. The lowest BCUT2D eigenvalue weighted by Gasteiger charge is -2.11. The molecule has 5 aromatic heterocycles. The number of fused-ring (bicyclic) bond motifs is 2. The molecular formula is C43H44F12N12OS3. The smallest absolute Gasteiger partial charge is 0.323 e. The Morgan fingerprint density at radius 3 is 1.63 bits per heavy atom. The topological polar surface area (TPSA) is 160 Å². The summed E-state index contributed by atoms with van der Waals surface area (Å²) in [5.74, 6) is 4.89. The fraction of sp³-hybridized carbons (Fsp3) is 0.349. The molecule has 0 saturated carbocycles. The van der Waals surface area contributed by atoms with Crippen LogP contribution >= 0.6 is 35.3 Å².